The number of carbonyl (C=O) groups excluding carboxylic acids is 3. The molecule has 1 N–H and O–H groups in total. The van der Waals surface area contributed by atoms with Crippen LogP contribution >= 0.6 is 0 Å². The van der Waals surface area contributed by atoms with Gasteiger partial charge in [0.15, 0.2) is 12.6 Å². The Balaban J connectivity index is 0.734. The summed E-state index contributed by atoms with van der Waals surface area (Å²) in [5.74, 6) is 2.88. The second kappa shape index (κ2) is 27.4. The number of hydrogen-bond donors (Lipinski definition) is 1. The van der Waals surface area contributed by atoms with Gasteiger partial charge in [-0.15, -0.1) is 5.54 Å². The number of imide groups is 1. The van der Waals surface area contributed by atoms with Crippen LogP contribution in [0.15, 0.2) is 53.5 Å². The number of imidazole rings is 1. The first kappa shape index (κ1) is 67.8. The van der Waals surface area contributed by atoms with Crippen LogP contribution in [0.1, 0.15) is 158 Å². The minimum atomic E-state index is -2.36. The zero-order valence-corrected chi connectivity index (χ0v) is 58.8. The smallest absolute Gasteiger partial charge is 0.410 e. The summed E-state index contributed by atoms with van der Waals surface area (Å²) >= 11 is 0. The first-order chi connectivity index (χ1) is 45.3. The predicted octanol–water partition coefficient (Wildman–Crippen LogP) is 12.4. The number of hydrogen-bond acceptors (Lipinski definition) is 15. The number of amides is 3. The number of likely N-dealkylation sites (tertiary alicyclic amines) is 2. The Hall–Kier alpha value is -7.19. The number of nitrogens with one attached hydrogen (secondary N) is 1. The van der Waals surface area contributed by atoms with Crippen LogP contribution in [0.3, 0.4) is 0 Å². The van der Waals surface area contributed by atoms with Gasteiger partial charge in [0, 0.05) is 81.7 Å². The minimum Gasteiger partial charge on any atom is -0.468 e. The van der Waals surface area contributed by atoms with Crippen LogP contribution in [0.5, 0.6) is 11.8 Å². The third-order valence-electron chi connectivity index (χ3n) is 21.8. The van der Waals surface area contributed by atoms with Crippen LogP contribution in [0, 0.1) is 34.4 Å². The van der Waals surface area contributed by atoms with E-state index in [4.69, 9.17) is 33.9 Å². The summed E-state index contributed by atoms with van der Waals surface area (Å²) in [6, 6.07) is 11.6. The van der Waals surface area contributed by atoms with Gasteiger partial charge < -0.3 is 33.6 Å². The highest BCUT2D eigenvalue weighted by Gasteiger charge is 2.46. The zero-order chi connectivity index (χ0) is 67.4. The number of methoxy groups -OCH3 is 1. The number of anilines is 2. The number of halogens is 2. The van der Waals surface area contributed by atoms with Crippen molar-refractivity contribution in [3.05, 3.63) is 76.3 Å². The molecular weight excluding hydrogens is 1220 g/mol. The predicted molar refractivity (Wildman–Crippen MR) is 370 cm³/mol. The van der Waals surface area contributed by atoms with Gasteiger partial charge in [-0.05, 0) is 188 Å². The monoisotopic (exact) mass is 1320 g/mol. The quantitative estimate of drug-likeness (QED) is 0.0394. The summed E-state index contributed by atoms with van der Waals surface area (Å²) in [7, 11) is -0.830. The van der Waals surface area contributed by atoms with Crippen molar-refractivity contribution in [2.45, 2.75) is 187 Å². The normalized spacial score (nSPS) is 20.9. The summed E-state index contributed by atoms with van der Waals surface area (Å²) in [4.78, 5) is 78.8. The molecule has 0 saturated carbocycles. The van der Waals surface area contributed by atoms with Gasteiger partial charge in [-0.2, -0.15) is 9.97 Å². The van der Waals surface area contributed by atoms with E-state index in [0.717, 1.165) is 95.5 Å². The van der Waals surface area contributed by atoms with Gasteiger partial charge in [0.1, 0.15) is 54.9 Å². The van der Waals surface area contributed by atoms with E-state index in [0.29, 0.717) is 92.8 Å². The molecule has 6 saturated heterocycles. The first-order valence-electron chi connectivity index (χ1n) is 34.8. The Morgan fingerprint density at radius 2 is 1.46 bits per heavy atom. The molecule has 6 aliphatic heterocycles. The van der Waals surface area contributed by atoms with Crippen molar-refractivity contribution in [3.63, 3.8) is 0 Å². The largest absolute Gasteiger partial charge is 0.468 e. The summed E-state index contributed by atoms with van der Waals surface area (Å²) in [5, 5.41) is 3.84. The standard InChI is InChI=1S/C73H97F2N11O8Si/c1-45(2)84-61-38-51(16-18-59(61)86(70(84)89)60-19-20-62(87)77-68(60)88)82-28-21-49(22-29-82)41-81-32-26-73(27-33-81)24-30-80(31-25-73)34-35-92-69-78-66-57(67(79-69)83-42-52-14-15-53(43-83)85(52)71(90)94-72(9,10)11)40-76-65(64(66)75)56-39-54(93-44-91-12)37-50-13-17-58(74)55(63(50)56)23-36-95(46(3)4,47(5)6)48(7)8/h13,16-18,37-40,45-49,52-53,60H,14-15,19-22,24-35,41-44H2,1-12H3,(H,77,87,88)/t52-,53+,60?. The third kappa shape index (κ3) is 13.5. The van der Waals surface area contributed by atoms with Crippen LogP contribution in [-0.2, 0) is 19.1 Å². The van der Waals surface area contributed by atoms with E-state index in [1.54, 1.807) is 33.5 Å². The van der Waals surface area contributed by atoms with Gasteiger partial charge in [-0.1, -0.05) is 53.5 Å². The number of piperazine rings is 1. The van der Waals surface area contributed by atoms with Crippen molar-refractivity contribution in [2.75, 3.05) is 95.8 Å². The van der Waals surface area contributed by atoms with Crippen molar-refractivity contribution < 1.29 is 42.1 Å². The fourth-order valence-electron chi connectivity index (χ4n) is 16.9. The van der Waals surface area contributed by atoms with Gasteiger partial charge in [-0.3, -0.25) is 38.8 Å². The number of carbonyl (C=O) groups is 3. The van der Waals surface area contributed by atoms with E-state index in [9.17, 15) is 19.2 Å². The van der Waals surface area contributed by atoms with E-state index < -0.39 is 37.3 Å². The molecule has 19 nitrogen and oxygen atoms in total. The van der Waals surface area contributed by atoms with Crippen molar-refractivity contribution in [1.29, 1.82) is 0 Å². The zero-order valence-electron chi connectivity index (χ0n) is 57.8. The molecule has 3 atom stereocenters. The molecule has 510 valence electrons. The Morgan fingerprint density at radius 1 is 0.789 bits per heavy atom. The molecule has 95 heavy (non-hydrogen) atoms. The highest BCUT2D eigenvalue weighted by atomic mass is 28.3. The molecule has 3 amide bonds. The molecule has 22 heteroatoms. The molecule has 0 aliphatic carbocycles. The third-order valence-corrected chi connectivity index (χ3v) is 28.1. The highest BCUT2D eigenvalue weighted by molar-refractivity contribution is 6.90. The molecule has 3 aromatic carbocycles. The van der Waals surface area contributed by atoms with Crippen LogP contribution in [0.25, 0.3) is 44.0 Å². The van der Waals surface area contributed by atoms with E-state index in [-0.39, 0.29) is 78.4 Å². The van der Waals surface area contributed by atoms with E-state index in [1.165, 1.54) is 26.0 Å². The molecule has 0 radical (unpaired) electrons. The molecule has 6 aromatic rings. The van der Waals surface area contributed by atoms with Gasteiger partial charge in [-0.25, -0.2) is 18.4 Å². The number of piperidine rings is 4. The number of nitrogens with zero attached hydrogens (tertiary/aromatic N) is 10. The number of rotatable bonds is 17. The fourth-order valence-corrected chi connectivity index (χ4v) is 22.1. The molecule has 12 rings (SSSR count). The van der Waals surface area contributed by atoms with Crippen molar-refractivity contribution in [2.24, 2.45) is 11.3 Å². The fraction of sp³-hybridized carbons (Fsp3) is 0.603. The van der Waals surface area contributed by atoms with Crippen LogP contribution in [0.4, 0.5) is 25.1 Å². The lowest BCUT2D eigenvalue weighted by molar-refractivity contribution is -0.135. The summed E-state index contributed by atoms with van der Waals surface area (Å²) < 4.78 is 61.9. The van der Waals surface area contributed by atoms with Crippen molar-refractivity contribution >= 4 is 70.2 Å². The van der Waals surface area contributed by atoms with E-state index in [2.05, 4.69) is 90.1 Å². The summed E-state index contributed by atoms with van der Waals surface area (Å²) in [6.45, 7) is 31.7. The average Bonchev–Trinajstić information content (AvgIpc) is 1.74. The topological polar surface area (TPSA) is 182 Å². The number of ether oxygens (including phenoxy) is 4. The molecular formula is C73H97F2N11O8Si. The highest BCUT2D eigenvalue weighted by Crippen LogP contribution is 2.45. The van der Waals surface area contributed by atoms with Crippen molar-refractivity contribution in [1.82, 2.24) is 44.1 Å². The molecule has 1 unspecified atom stereocenters. The van der Waals surface area contributed by atoms with Gasteiger partial charge in [0.05, 0.1) is 34.1 Å². The molecule has 9 heterocycles. The van der Waals surface area contributed by atoms with Gasteiger partial charge >= 0.3 is 17.8 Å². The van der Waals surface area contributed by atoms with Crippen LogP contribution in [0.2, 0.25) is 16.6 Å². The second-order valence-corrected chi connectivity index (χ2v) is 35.6. The SMILES string of the molecule is COCOc1cc(-c2ncc3c(N4C[C@H]5CC[C@@H](C4)N5C(=O)OC(C)(C)C)nc(OCCN4CCC5(CC4)CCN(CC4CCN(c6ccc7c(c6)n(C(C)C)c(=O)n7C6CCC(=O)NC6=O)CC4)CC5)nc3c2F)c2c(C#C[Si](C(C)C)(C(C)C)C(C)C)c(F)ccc2c1. The minimum absolute atomic E-state index is 0.00983. The Bertz CT molecular complexity index is 3960. The van der Waals surface area contributed by atoms with E-state index in [1.807, 2.05) is 45.6 Å². The lowest BCUT2D eigenvalue weighted by Gasteiger charge is -2.47. The Kier molecular flexibility index (Phi) is 19.5. The maximum absolute atomic E-state index is 18.2. The van der Waals surface area contributed by atoms with Crippen molar-refractivity contribution in [3.8, 4) is 34.5 Å². The molecule has 6 fully saturated rings. The van der Waals surface area contributed by atoms with Gasteiger partial charge in [0.2, 0.25) is 11.8 Å². The first-order valence-corrected chi connectivity index (χ1v) is 37.1. The molecule has 1 spiro atoms. The summed E-state index contributed by atoms with van der Waals surface area (Å²) in [5.41, 5.74) is 7.07. The Morgan fingerprint density at radius 3 is 2.09 bits per heavy atom. The lowest BCUT2D eigenvalue weighted by Crippen LogP contribution is -2.57. The van der Waals surface area contributed by atoms with Crippen LogP contribution in [-0.4, -0.2) is 168 Å². The average molecular weight is 1320 g/mol. The van der Waals surface area contributed by atoms with E-state index >= 15 is 8.78 Å². The molecule has 2 bridgehead atoms. The Labute approximate surface area is 558 Å². The number of fused-ring (bicyclic) bond motifs is 5. The number of aromatic nitrogens is 5. The lowest BCUT2D eigenvalue weighted by atomic mass is 9.71. The number of pyridine rings is 1. The molecule has 6 aliphatic rings. The molecule has 3 aromatic heterocycles. The van der Waals surface area contributed by atoms with Gasteiger partial charge in [0.25, 0.3) is 0 Å². The maximum atomic E-state index is 18.2. The maximum Gasteiger partial charge on any atom is 0.410 e. The van der Waals surface area contributed by atoms with Crippen LogP contribution < -0.4 is 30.3 Å². The second-order valence-electron chi connectivity index (χ2n) is 30.1. The number of benzene rings is 3. The summed E-state index contributed by atoms with van der Waals surface area (Å²) in [6.07, 6.45) is 10.1.